The fraction of sp³-hybridized carbons (Fsp3) is 0.533. The Labute approximate surface area is 115 Å². The lowest BCUT2D eigenvalue weighted by Gasteiger charge is -2.22. The van der Waals surface area contributed by atoms with Crippen molar-refractivity contribution < 1.29 is 4.79 Å². The largest absolute Gasteiger partial charge is 0.399 e. The van der Waals surface area contributed by atoms with Gasteiger partial charge < -0.3 is 15.5 Å². The summed E-state index contributed by atoms with van der Waals surface area (Å²) in [6.07, 6.45) is 0. The zero-order valence-corrected chi connectivity index (χ0v) is 12.2. The number of hydrogen-bond donors (Lipinski definition) is 1. The quantitative estimate of drug-likeness (QED) is 0.823. The Kier molecular flexibility index (Phi) is 3.80. The van der Waals surface area contributed by atoms with Crippen molar-refractivity contribution >= 4 is 11.6 Å². The molecule has 1 heterocycles. The summed E-state index contributed by atoms with van der Waals surface area (Å²) in [5.41, 5.74) is 8.20. The molecule has 0 aliphatic carbocycles. The minimum absolute atomic E-state index is 0.0894. The number of likely N-dealkylation sites (tertiary alicyclic amines) is 1. The first-order valence-corrected chi connectivity index (χ1v) is 6.71. The molecule has 2 N–H and O–H groups in total. The molecule has 0 radical (unpaired) electrons. The fourth-order valence-electron chi connectivity index (χ4n) is 2.91. The topological polar surface area (TPSA) is 49.6 Å². The highest BCUT2D eigenvalue weighted by molar-refractivity contribution is 5.95. The third kappa shape index (κ3) is 2.89. The summed E-state index contributed by atoms with van der Waals surface area (Å²) >= 11 is 0. The SMILES string of the molecule is Cc1cc(N)cc(C(=O)N2CC(C)C(N(C)C)C2)c1. The molecule has 104 valence electrons. The second-order valence-corrected chi connectivity index (χ2v) is 5.85. The lowest BCUT2D eigenvalue weighted by molar-refractivity contribution is 0.0781. The summed E-state index contributed by atoms with van der Waals surface area (Å²) in [6, 6.07) is 5.99. The van der Waals surface area contributed by atoms with Gasteiger partial charge in [0.05, 0.1) is 0 Å². The van der Waals surface area contributed by atoms with Gasteiger partial charge in [-0.15, -0.1) is 0 Å². The summed E-state index contributed by atoms with van der Waals surface area (Å²) < 4.78 is 0. The van der Waals surface area contributed by atoms with Crippen LogP contribution in [0.15, 0.2) is 18.2 Å². The predicted molar refractivity (Wildman–Crippen MR) is 78.1 cm³/mol. The normalized spacial score (nSPS) is 23.1. The number of carbonyl (C=O) groups is 1. The van der Waals surface area contributed by atoms with E-state index in [1.54, 1.807) is 6.07 Å². The number of likely N-dealkylation sites (N-methyl/N-ethyl adjacent to an activating group) is 1. The van der Waals surface area contributed by atoms with E-state index in [1.807, 2.05) is 24.0 Å². The van der Waals surface area contributed by atoms with E-state index in [9.17, 15) is 4.79 Å². The maximum absolute atomic E-state index is 12.5. The van der Waals surface area contributed by atoms with E-state index in [-0.39, 0.29) is 5.91 Å². The Balaban J connectivity index is 2.17. The number of nitrogen functional groups attached to an aromatic ring is 1. The van der Waals surface area contributed by atoms with E-state index in [4.69, 9.17) is 5.73 Å². The second kappa shape index (κ2) is 5.21. The van der Waals surface area contributed by atoms with Crippen LogP contribution in [-0.2, 0) is 0 Å². The smallest absolute Gasteiger partial charge is 0.254 e. The highest BCUT2D eigenvalue weighted by Gasteiger charge is 2.33. The standard InChI is InChI=1S/C15H23N3O/c1-10-5-12(7-13(16)6-10)15(19)18-8-11(2)14(9-18)17(3)4/h5-7,11,14H,8-9,16H2,1-4H3. The van der Waals surface area contributed by atoms with Crippen LogP contribution in [0.5, 0.6) is 0 Å². The summed E-state index contributed by atoms with van der Waals surface area (Å²) in [6.45, 7) is 5.77. The molecule has 4 heteroatoms. The number of benzene rings is 1. The van der Waals surface area contributed by atoms with E-state index >= 15 is 0 Å². The molecular formula is C15H23N3O. The second-order valence-electron chi connectivity index (χ2n) is 5.85. The molecule has 1 amide bonds. The zero-order valence-electron chi connectivity index (χ0n) is 12.2. The van der Waals surface area contributed by atoms with Crippen molar-refractivity contribution in [1.29, 1.82) is 0 Å². The van der Waals surface area contributed by atoms with Crippen LogP contribution in [0.25, 0.3) is 0 Å². The van der Waals surface area contributed by atoms with Crippen LogP contribution in [0.3, 0.4) is 0 Å². The van der Waals surface area contributed by atoms with Gasteiger partial charge in [0.1, 0.15) is 0 Å². The van der Waals surface area contributed by atoms with Gasteiger partial charge in [0.2, 0.25) is 0 Å². The van der Waals surface area contributed by atoms with Gasteiger partial charge in [0.25, 0.3) is 5.91 Å². The average Bonchev–Trinajstić information content (AvgIpc) is 2.69. The number of nitrogens with two attached hydrogens (primary N) is 1. The van der Waals surface area contributed by atoms with Crippen LogP contribution in [-0.4, -0.2) is 48.9 Å². The van der Waals surface area contributed by atoms with Crippen LogP contribution in [0.2, 0.25) is 0 Å². The molecule has 1 aliphatic heterocycles. The van der Waals surface area contributed by atoms with Gasteiger partial charge >= 0.3 is 0 Å². The van der Waals surface area contributed by atoms with E-state index in [2.05, 4.69) is 25.9 Å². The van der Waals surface area contributed by atoms with Crippen LogP contribution in [0, 0.1) is 12.8 Å². The van der Waals surface area contributed by atoms with Crippen LogP contribution in [0.1, 0.15) is 22.8 Å². The minimum atomic E-state index is 0.0894. The van der Waals surface area contributed by atoms with Gasteiger partial charge in [-0.2, -0.15) is 0 Å². The van der Waals surface area contributed by atoms with E-state index < -0.39 is 0 Å². The lowest BCUT2D eigenvalue weighted by Crippen LogP contribution is -2.35. The molecule has 1 fully saturated rings. The summed E-state index contributed by atoms with van der Waals surface area (Å²) in [5.74, 6) is 0.590. The lowest BCUT2D eigenvalue weighted by atomic mass is 10.1. The van der Waals surface area contributed by atoms with Crippen LogP contribution in [0.4, 0.5) is 5.69 Å². The van der Waals surface area contributed by atoms with Gasteiger partial charge in [-0.1, -0.05) is 6.92 Å². The molecule has 1 aliphatic rings. The molecule has 0 bridgehead atoms. The fourth-order valence-corrected chi connectivity index (χ4v) is 2.91. The third-order valence-corrected chi connectivity index (χ3v) is 3.87. The van der Waals surface area contributed by atoms with Crippen molar-refractivity contribution in [3.63, 3.8) is 0 Å². The minimum Gasteiger partial charge on any atom is -0.399 e. The molecule has 2 atom stereocenters. The number of nitrogens with zero attached hydrogens (tertiary/aromatic N) is 2. The number of aryl methyl sites for hydroxylation is 1. The van der Waals surface area contributed by atoms with Crippen molar-refractivity contribution in [2.24, 2.45) is 5.92 Å². The number of carbonyl (C=O) groups excluding carboxylic acids is 1. The van der Waals surface area contributed by atoms with E-state index in [1.165, 1.54) is 0 Å². The molecule has 4 nitrogen and oxygen atoms in total. The van der Waals surface area contributed by atoms with Crippen LogP contribution >= 0.6 is 0 Å². The zero-order chi connectivity index (χ0) is 14.2. The number of anilines is 1. The Morgan fingerprint density at radius 3 is 2.53 bits per heavy atom. The maximum atomic E-state index is 12.5. The highest BCUT2D eigenvalue weighted by atomic mass is 16.2. The Morgan fingerprint density at radius 2 is 2.00 bits per heavy atom. The van der Waals surface area contributed by atoms with Gasteiger partial charge in [0, 0.05) is 30.4 Å². The maximum Gasteiger partial charge on any atom is 0.254 e. The molecular weight excluding hydrogens is 238 g/mol. The summed E-state index contributed by atoms with van der Waals surface area (Å²) in [4.78, 5) is 16.6. The summed E-state index contributed by atoms with van der Waals surface area (Å²) in [7, 11) is 4.14. The molecule has 0 spiro atoms. The number of hydrogen-bond acceptors (Lipinski definition) is 3. The average molecular weight is 261 g/mol. The van der Waals surface area contributed by atoms with Gasteiger partial charge in [-0.05, 0) is 50.7 Å². The first kappa shape index (κ1) is 13.9. The third-order valence-electron chi connectivity index (χ3n) is 3.87. The van der Waals surface area contributed by atoms with Gasteiger partial charge in [0.15, 0.2) is 0 Å². The number of rotatable bonds is 2. The number of amides is 1. The van der Waals surface area contributed by atoms with Crippen molar-refractivity contribution in [2.75, 3.05) is 32.9 Å². The first-order valence-electron chi connectivity index (χ1n) is 6.71. The van der Waals surface area contributed by atoms with Gasteiger partial charge in [-0.25, -0.2) is 0 Å². The van der Waals surface area contributed by atoms with Crippen molar-refractivity contribution in [1.82, 2.24) is 9.80 Å². The molecule has 2 rings (SSSR count). The van der Waals surface area contributed by atoms with Crippen molar-refractivity contribution in [2.45, 2.75) is 19.9 Å². The molecule has 1 aromatic rings. The monoisotopic (exact) mass is 261 g/mol. The Morgan fingerprint density at radius 1 is 1.32 bits per heavy atom. The molecule has 19 heavy (non-hydrogen) atoms. The molecule has 1 aromatic carbocycles. The Bertz CT molecular complexity index is 464. The molecule has 0 aromatic heterocycles. The molecule has 1 saturated heterocycles. The predicted octanol–water partition coefficient (Wildman–Crippen LogP) is 1.60. The first-order chi connectivity index (χ1) is 8.88. The van der Waals surface area contributed by atoms with Gasteiger partial charge in [-0.3, -0.25) is 4.79 Å². The van der Waals surface area contributed by atoms with Crippen molar-refractivity contribution in [3.8, 4) is 0 Å². The van der Waals surface area contributed by atoms with Crippen LogP contribution < -0.4 is 5.73 Å². The Hall–Kier alpha value is -1.55. The van der Waals surface area contributed by atoms with Crippen molar-refractivity contribution in [3.05, 3.63) is 29.3 Å². The summed E-state index contributed by atoms with van der Waals surface area (Å²) in [5, 5.41) is 0. The van der Waals surface area contributed by atoms with E-state index in [0.717, 1.165) is 18.7 Å². The molecule has 0 saturated carbocycles. The highest BCUT2D eigenvalue weighted by Crippen LogP contribution is 2.23. The van der Waals surface area contributed by atoms with E-state index in [0.29, 0.717) is 23.2 Å². The molecule has 2 unspecified atom stereocenters.